The van der Waals surface area contributed by atoms with Gasteiger partial charge in [0.05, 0.1) is 17.7 Å². The molecule has 0 amide bonds. The number of carboxylic acid groups (broad SMARTS) is 1. The topological polar surface area (TPSA) is 83.0 Å². The Morgan fingerprint density at radius 1 is 1.39 bits per heavy atom. The van der Waals surface area contributed by atoms with Crippen LogP contribution < -0.4 is 5.56 Å². The van der Waals surface area contributed by atoms with E-state index in [0.29, 0.717) is 0 Å². The van der Waals surface area contributed by atoms with Gasteiger partial charge in [-0.3, -0.25) is 9.59 Å². The second kappa shape index (κ2) is 4.79. The van der Waals surface area contributed by atoms with Gasteiger partial charge in [0.25, 0.3) is 5.56 Å². The number of nitrogens with one attached hydrogen (secondary N) is 1. The summed E-state index contributed by atoms with van der Waals surface area (Å²) < 4.78 is 13.5. The van der Waals surface area contributed by atoms with E-state index in [4.69, 9.17) is 5.11 Å². The maximum absolute atomic E-state index is 13.5. The molecule has 0 fully saturated rings. The SMILES string of the molecule is O=C(O)Cc1cc(=O)[nH]c(-c2ccccc2F)n1. The first-order chi connectivity index (χ1) is 8.56. The molecule has 0 saturated heterocycles. The number of aliphatic carboxylic acids is 1. The highest BCUT2D eigenvalue weighted by Crippen LogP contribution is 2.17. The first-order valence-electron chi connectivity index (χ1n) is 5.13. The van der Waals surface area contributed by atoms with Crippen molar-refractivity contribution in [2.24, 2.45) is 0 Å². The Hall–Kier alpha value is -2.50. The van der Waals surface area contributed by atoms with E-state index in [9.17, 15) is 14.0 Å². The van der Waals surface area contributed by atoms with Crippen molar-refractivity contribution in [3.63, 3.8) is 0 Å². The summed E-state index contributed by atoms with van der Waals surface area (Å²) in [5, 5.41) is 8.65. The highest BCUT2D eigenvalue weighted by atomic mass is 19.1. The molecule has 5 nitrogen and oxygen atoms in total. The Kier molecular flexibility index (Phi) is 3.18. The Bertz CT molecular complexity index is 652. The summed E-state index contributed by atoms with van der Waals surface area (Å²) in [6.07, 6.45) is -0.384. The van der Waals surface area contributed by atoms with Crippen LogP contribution >= 0.6 is 0 Å². The van der Waals surface area contributed by atoms with Gasteiger partial charge in [-0.2, -0.15) is 0 Å². The van der Waals surface area contributed by atoms with Gasteiger partial charge in [0.2, 0.25) is 0 Å². The molecule has 2 aromatic rings. The molecule has 0 bridgehead atoms. The molecule has 1 aromatic carbocycles. The minimum Gasteiger partial charge on any atom is -0.481 e. The number of hydrogen-bond donors (Lipinski definition) is 2. The summed E-state index contributed by atoms with van der Waals surface area (Å²) in [7, 11) is 0. The summed E-state index contributed by atoms with van der Waals surface area (Å²) in [4.78, 5) is 28.2. The van der Waals surface area contributed by atoms with E-state index >= 15 is 0 Å². The first kappa shape index (κ1) is 12.0. The number of carbonyl (C=O) groups is 1. The lowest BCUT2D eigenvalue weighted by Crippen LogP contribution is -2.13. The van der Waals surface area contributed by atoms with E-state index in [1.807, 2.05) is 0 Å². The molecular weight excluding hydrogens is 239 g/mol. The molecule has 0 aliphatic rings. The zero-order valence-corrected chi connectivity index (χ0v) is 9.18. The van der Waals surface area contributed by atoms with E-state index in [1.54, 1.807) is 6.07 Å². The summed E-state index contributed by atoms with van der Waals surface area (Å²) in [5.41, 5.74) is -0.300. The van der Waals surface area contributed by atoms with E-state index in [2.05, 4.69) is 9.97 Å². The van der Waals surface area contributed by atoms with Crippen molar-refractivity contribution in [2.75, 3.05) is 0 Å². The van der Waals surface area contributed by atoms with Crippen LogP contribution in [0, 0.1) is 5.82 Å². The van der Waals surface area contributed by atoms with Crippen molar-refractivity contribution in [3.05, 3.63) is 52.2 Å². The van der Waals surface area contributed by atoms with Crippen molar-refractivity contribution in [2.45, 2.75) is 6.42 Å². The fraction of sp³-hybridized carbons (Fsp3) is 0.0833. The Morgan fingerprint density at radius 2 is 2.11 bits per heavy atom. The largest absolute Gasteiger partial charge is 0.481 e. The van der Waals surface area contributed by atoms with E-state index in [0.717, 1.165) is 6.07 Å². The third kappa shape index (κ3) is 2.60. The number of aromatic nitrogens is 2. The molecule has 0 spiro atoms. The second-order valence-electron chi connectivity index (χ2n) is 3.64. The Labute approximate surface area is 101 Å². The number of carboxylic acids is 1. The van der Waals surface area contributed by atoms with Gasteiger partial charge in [0.1, 0.15) is 11.6 Å². The zero-order valence-electron chi connectivity index (χ0n) is 9.18. The molecule has 0 saturated carbocycles. The maximum atomic E-state index is 13.5. The summed E-state index contributed by atoms with van der Waals surface area (Å²) in [5.74, 6) is -1.61. The van der Waals surface area contributed by atoms with Crippen molar-refractivity contribution < 1.29 is 14.3 Å². The molecule has 0 unspecified atom stereocenters. The maximum Gasteiger partial charge on any atom is 0.309 e. The number of benzene rings is 1. The van der Waals surface area contributed by atoms with E-state index < -0.39 is 17.3 Å². The molecule has 0 aliphatic carbocycles. The average Bonchev–Trinajstić information content (AvgIpc) is 2.27. The zero-order chi connectivity index (χ0) is 13.1. The molecule has 18 heavy (non-hydrogen) atoms. The van der Waals surface area contributed by atoms with Crippen molar-refractivity contribution >= 4 is 5.97 Å². The Balaban J connectivity index is 2.52. The van der Waals surface area contributed by atoms with Gasteiger partial charge in [-0.1, -0.05) is 12.1 Å². The molecule has 1 heterocycles. The van der Waals surface area contributed by atoms with Crippen LogP contribution in [0.15, 0.2) is 35.1 Å². The molecular formula is C12H9FN2O3. The highest BCUT2D eigenvalue weighted by Gasteiger charge is 2.10. The molecule has 0 aliphatic heterocycles. The fourth-order valence-electron chi connectivity index (χ4n) is 1.53. The lowest BCUT2D eigenvalue weighted by molar-refractivity contribution is -0.136. The summed E-state index contributed by atoms with van der Waals surface area (Å²) >= 11 is 0. The van der Waals surface area contributed by atoms with Crippen LogP contribution in [-0.2, 0) is 11.2 Å². The molecule has 2 rings (SSSR count). The summed E-state index contributed by atoms with van der Waals surface area (Å²) in [6.45, 7) is 0. The van der Waals surface area contributed by atoms with Crippen LogP contribution in [0.25, 0.3) is 11.4 Å². The fourth-order valence-corrected chi connectivity index (χ4v) is 1.53. The quantitative estimate of drug-likeness (QED) is 0.855. The number of aromatic amines is 1. The number of nitrogens with zero attached hydrogens (tertiary/aromatic N) is 1. The molecule has 1 aromatic heterocycles. The van der Waals surface area contributed by atoms with Crippen LogP contribution in [0.5, 0.6) is 0 Å². The first-order valence-corrected chi connectivity index (χ1v) is 5.13. The summed E-state index contributed by atoms with van der Waals surface area (Å²) in [6, 6.07) is 6.89. The van der Waals surface area contributed by atoms with E-state index in [1.165, 1.54) is 18.2 Å². The second-order valence-corrected chi connectivity index (χ2v) is 3.64. The number of H-pyrrole nitrogens is 1. The molecule has 92 valence electrons. The number of halogens is 1. The molecule has 2 N–H and O–H groups in total. The smallest absolute Gasteiger partial charge is 0.309 e. The van der Waals surface area contributed by atoms with Crippen LogP contribution in [0.3, 0.4) is 0 Å². The van der Waals surface area contributed by atoms with Crippen molar-refractivity contribution in [1.29, 1.82) is 0 Å². The lowest BCUT2D eigenvalue weighted by Gasteiger charge is -2.03. The van der Waals surface area contributed by atoms with Gasteiger partial charge in [-0.05, 0) is 12.1 Å². The monoisotopic (exact) mass is 248 g/mol. The normalized spacial score (nSPS) is 10.3. The van der Waals surface area contributed by atoms with Gasteiger partial charge < -0.3 is 10.1 Å². The van der Waals surface area contributed by atoms with Crippen LogP contribution in [0.1, 0.15) is 5.69 Å². The van der Waals surface area contributed by atoms with Crippen LogP contribution in [-0.4, -0.2) is 21.0 Å². The predicted molar refractivity (Wildman–Crippen MR) is 61.6 cm³/mol. The van der Waals surface area contributed by atoms with Crippen molar-refractivity contribution in [1.82, 2.24) is 9.97 Å². The third-order valence-corrected chi connectivity index (χ3v) is 2.26. The van der Waals surface area contributed by atoms with Gasteiger partial charge in [0.15, 0.2) is 0 Å². The van der Waals surface area contributed by atoms with Gasteiger partial charge >= 0.3 is 5.97 Å². The predicted octanol–water partition coefficient (Wildman–Crippen LogP) is 1.20. The van der Waals surface area contributed by atoms with Crippen molar-refractivity contribution in [3.8, 4) is 11.4 Å². The van der Waals surface area contributed by atoms with Crippen LogP contribution in [0.2, 0.25) is 0 Å². The third-order valence-electron chi connectivity index (χ3n) is 2.26. The van der Waals surface area contributed by atoms with Gasteiger partial charge in [-0.25, -0.2) is 9.37 Å². The lowest BCUT2D eigenvalue weighted by atomic mass is 10.2. The van der Waals surface area contributed by atoms with Gasteiger partial charge in [-0.15, -0.1) is 0 Å². The molecule has 0 atom stereocenters. The Morgan fingerprint density at radius 3 is 2.78 bits per heavy atom. The molecule has 6 heteroatoms. The average molecular weight is 248 g/mol. The standard InChI is InChI=1S/C12H9FN2O3/c13-9-4-2-1-3-8(9)12-14-7(6-11(17)18)5-10(16)15-12/h1-5H,6H2,(H,17,18)(H,14,15,16). The minimum atomic E-state index is -1.10. The minimum absolute atomic E-state index is 0.0249. The highest BCUT2D eigenvalue weighted by molar-refractivity contribution is 5.69. The number of rotatable bonds is 3. The van der Waals surface area contributed by atoms with Crippen LogP contribution in [0.4, 0.5) is 4.39 Å². The number of hydrogen-bond acceptors (Lipinski definition) is 3. The van der Waals surface area contributed by atoms with E-state index in [-0.39, 0.29) is 23.5 Å². The van der Waals surface area contributed by atoms with Gasteiger partial charge in [0, 0.05) is 6.07 Å². The molecule has 0 radical (unpaired) electrons.